The van der Waals surface area contributed by atoms with Crippen molar-refractivity contribution in [2.75, 3.05) is 0 Å². The molecule has 0 saturated heterocycles. The summed E-state index contributed by atoms with van der Waals surface area (Å²) in [7, 11) is 0. The molecule has 1 aromatic carbocycles. The number of carbonyl (C=O) groups excluding carboxylic acids is 1. The number of thioether (sulfide) groups is 1. The second-order valence-corrected chi connectivity index (χ2v) is 7.03. The van der Waals surface area contributed by atoms with Gasteiger partial charge in [-0.25, -0.2) is 4.99 Å². The standard InChI is InChI=1S/C14H11Cl3N2OS/c15-9-4-5-10(16)12(17)8(9)6-21-14-18-11-3-1-2-7(11)13(20)19-14/h4-5,7H,1-3,6H2. The van der Waals surface area contributed by atoms with Crippen molar-refractivity contribution in [1.29, 1.82) is 0 Å². The van der Waals surface area contributed by atoms with Gasteiger partial charge in [-0.15, -0.1) is 0 Å². The van der Waals surface area contributed by atoms with Gasteiger partial charge in [0.2, 0.25) is 0 Å². The van der Waals surface area contributed by atoms with Crippen LogP contribution in [0.2, 0.25) is 15.1 Å². The van der Waals surface area contributed by atoms with E-state index in [9.17, 15) is 4.79 Å². The van der Waals surface area contributed by atoms with Gasteiger partial charge in [0.25, 0.3) is 5.91 Å². The van der Waals surface area contributed by atoms with Crippen LogP contribution in [0.25, 0.3) is 0 Å². The van der Waals surface area contributed by atoms with Crippen LogP contribution in [0.5, 0.6) is 0 Å². The van der Waals surface area contributed by atoms with Crippen molar-refractivity contribution in [3.63, 3.8) is 0 Å². The van der Waals surface area contributed by atoms with Crippen LogP contribution in [0, 0.1) is 5.92 Å². The van der Waals surface area contributed by atoms with E-state index in [1.54, 1.807) is 12.1 Å². The van der Waals surface area contributed by atoms with Crippen LogP contribution in [0.3, 0.4) is 0 Å². The molecule has 3 nitrogen and oxygen atoms in total. The molecule has 0 bridgehead atoms. The van der Waals surface area contributed by atoms with Gasteiger partial charge in [0.1, 0.15) is 0 Å². The normalized spacial score (nSPS) is 21.1. The number of carbonyl (C=O) groups is 1. The highest BCUT2D eigenvalue weighted by Crippen LogP contribution is 2.35. The minimum absolute atomic E-state index is 0.0803. The number of benzene rings is 1. The largest absolute Gasteiger partial charge is 0.272 e. The molecule has 0 spiro atoms. The summed E-state index contributed by atoms with van der Waals surface area (Å²) in [4.78, 5) is 20.5. The molecule has 1 fully saturated rings. The molecule has 1 atom stereocenters. The molecule has 0 N–H and O–H groups in total. The zero-order valence-corrected chi connectivity index (χ0v) is 14.0. The maximum atomic E-state index is 11.9. The van der Waals surface area contributed by atoms with Gasteiger partial charge in [-0.05, 0) is 31.4 Å². The summed E-state index contributed by atoms with van der Waals surface area (Å²) < 4.78 is 0. The first-order valence-electron chi connectivity index (χ1n) is 6.51. The van der Waals surface area contributed by atoms with Crippen LogP contribution >= 0.6 is 46.6 Å². The van der Waals surface area contributed by atoms with E-state index in [1.165, 1.54) is 11.8 Å². The zero-order valence-electron chi connectivity index (χ0n) is 10.9. The van der Waals surface area contributed by atoms with E-state index in [-0.39, 0.29) is 11.8 Å². The Bertz CT molecular complexity index is 672. The summed E-state index contributed by atoms with van der Waals surface area (Å²) in [6, 6.07) is 3.36. The smallest absolute Gasteiger partial charge is 0.256 e. The van der Waals surface area contributed by atoms with Crippen molar-refractivity contribution in [2.45, 2.75) is 25.0 Å². The zero-order chi connectivity index (χ0) is 15.0. The summed E-state index contributed by atoms with van der Waals surface area (Å²) in [5.74, 6) is 0.308. The Balaban J connectivity index is 1.77. The van der Waals surface area contributed by atoms with Crippen LogP contribution in [-0.2, 0) is 10.5 Å². The third kappa shape index (κ3) is 3.14. The van der Waals surface area contributed by atoms with Crippen molar-refractivity contribution in [2.24, 2.45) is 15.9 Å². The highest BCUT2D eigenvalue weighted by molar-refractivity contribution is 8.13. The first-order chi connectivity index (χ1) is 10.1. The number of amidine groups is 1. The molecule has 1 amide bonds. The lowest BCUT2D eigenvalue weighted by atomic mass is 10.1. The van der Waals surface area contributed by atoms with Gasteiger partial charge < -0.3 is 0 Å². The van der Waals surface area contributed by atoms with Gasteiger partial charge in [-0.3, -0.25) is 4.79 Å². The number of hydrogen-bond acceptors (Lipinski definition) is 3. The number of hydrogen-bond donors (Lipinski definition) is 0. The minimum Gasteiger partial charge on any atom is -0.272 e. The molecule has 1 unspecified atom stereocenters. The summed E-state index contributed by atoms with van der Waals surface area (Å²) in [5.41, 5.74) is 1.69. The van der Waals surface area contributed by atoms with Crippen LogP contribution in [0.15, 0.2) is 22.1 Å². The van der Waals surface area contributed by atoms with Gasteiger partial charge in [0.05, 0.1) is 16.0 Å². The van der Waals surface area contributed by atoms with E-state index in [0.29, 0.717) is 26.0 Å². The van der Waals surface area contributed by atoms with E-state index in [0.717, 1.165) is 30.5 Å². The molecule has 21 heavy (non-hydrogen) atoms. The summed E-state index contributed by atoms with van der Waals surface area (Å²) in [6.45, 7) is 0. The van der Waals surface area contributed by atoms with E-state index >= 15 is 0 Å². The Hall–Kier alpha value is -0.550. The molecule has 0 radical (unpaired) electrons. The minimum atomic E-state index is -0.0901. The van der Waals surface area contributed by atoms with E-state index in [2.05, 4.69) is 9.98 Å². The molecule has 1 aromatic rings. The molecule has 2 aliphatic rings. The van der Waals surface area contributed by atoms with E-state index in [4.69, 9.17) is 34.8 Å². The SMILES string of the molecule is O=C1N=C(SCc2c(Cl)ccc(Cl)c2Cl)N=C2CCCC12. The molecule has 3 rings (SSSR count). The van der Waals surface area contributed by atoms with Crippen molar-refractivity contribution in [1.82, 2.24) is 0 Å². The number of nitrogens with zero attached hydrogens (tertiary/aromatic N) is 2. The fraction of sp³-hybridized carbons (Fsp3) is 0.357. The second kappa shape index (κ2) is 6.29. The van der Waals surface area contributed by atoms with Gasteiger partial charge in [-0.2, -0.15) is 4.99 Å². The lowest BCUT2D eigenvalue weighted by molar-refractivity contribution is -0.119. The van der Waals surface area contributed by atoms with Crippen molar-refractivity contribution >= 4 is 63.4 Å². The molecule has 110 valence electrons. The molecule has 0 aromatic heterocycles. The van der Waals surface area contributed by atoms with Crippen molar-refractivity contribution in [3.8, 4) is 0 Å². The monoisotopic (exact) mass is 360 g/mol. The number of fused-ring (bicyclic) bond motifs is 1. The molecule has 1 heterocycles. The highest BCUT2D eigenvalue weighted by atomic mass is 35.5. The number of amides is 1. The molecular weight excluding hydrogens is 351 g/mol. The lowest BCUT2D eigenvalue weighted by Gasteiger charge is -2.14. The molecule has 1 aliphatic heterocycles. The van der Waals surface area contributed by atoms with Crippen LogP contribution < -0.4 is 0 Å². The Morgan fingerprint density at radius 2 is 1.95 bits per heavy atom. The number of rotatable bonds is 2. The van der Waals surface area contributed by atoms with Gasteiger partial charge in [-0.1, -0.05) is 46.6 Å². The summed E-state index contributed by atoms with van der Waals surface area (Å²) in [6.07, 6.45) is 2.76. The Morgan fingerprint density at radius 3 is 2.76 bits per heavy atom. The topological polar surface area (TPSA) is 41.8 Å². The Kier molecular flexibility index (Phi) is 4.60. The van der Waals surface area contributed by atoms with E-state index < -0.39 is 0 Å². The fourth-order valence-electron chi connectivity index (χ4n) is 2.45. The van der Waals surface area contributed by atoms with Gasteiger partial charge in [0, 0.05) is 22.1 Å². The van der Waals surface area contributed by atoms with E-state index in [1.807, 2.05) is 0 Å². The fourth-order valence-corrected chi connectivity index (χ4v) is 4.20. The lowest BCUT2D eigenvalue weighted by Crippen LogP contribution is -2.23. The van der Waals surface area contributed by atoms with Crippen LogP contribution in [0.1, 0.15) is 24.8 Å². The van der Waals surface area contributed by atoms with Crippen LogP contribution in [-0.4, -0.2) is 16.8 Å². The Morgan fingerprint density at radius 1 is 1.19 bits per heavy atom. The van der Waals surface area contributed by atoms with Crippen LogP contribution in [0.4, 0.5) is 0 Å². The number of aliphatic imine (C=N–C) groups is 2. The average Bonchev–Trinajstić information content (AvgIpc) is 2.92. The van der Waals surface area contributed by atoms with Crippen molar-refractivity contribution < 1.29 is 4.79 Å². The van der Waals surface area contributed by atoms with Crippen molar-refractivity contribution in [3.05, 3.63) is 32.8 Å². The predicted octanol–water partition coefficient (Wildman–Crippen LogP) is 5.02. The number of halogens is 3. The first-order valence-corrected chi connectivity index (χ1v) is 8.63. The average molecular weight is 362 g/mol. The Labute approximate surface area is 141 Å². The predicted molar refractivity (Wildman–Crippen MR) is 90.0 cm³/mol. The third-order valence-corrected chi connectivity index (χ3v) is 5.63. The third-order valence-electron chi connectivity index (χ3n) is 3.56. The van der Waals surface area contributed by atoms with Gasteiger partial charge >= 0.3 is 0 Å². The molecule has 1 aliphatic carbocycles. The summed E-state index contributed by atoms with van der Waals surface area (Å²) >= 11 is 19.6. The highest BCUT2D eigenvalue weighted by Gasteiger charge is 2.32. The maximum Gasteiger partial charge on any atom is 0.256 e. The van der Waals surface area contributed by atoms with Gasteiger partial charge in [0.15, 0.2) is 5.17 Å². The maximum absolute atomic E-state index is 11.9. The summed E-state index contributed by atoms with van der Waals surface area (Å²) in [5, 5.41) is 1.93. The first kappa shape index (κ1) is 15.3. The molecule has 1 saturated carbocycles. The molecule has 7 heteroatoms. The second-order valence-electron chi connectivity index (χ2n) is 4.89. The quantitative estimate of drug-likeness (QED) is 0.694. The molecular formula is C14H11Cl3N2OS.